The molecule has 0 radical (unpaired) electrons. The lowest BCUT2D eigenvalue weighted by Gasteiger charge is -2.12. The number of ether oxygens (including phenoxy) is 2. The van der Waals surface area contributed by atoms with Crippen molar-refractivity contribution >= 4 is 17.4 Å². The lowest BCUT2D eigenvalue weighted by atomic mass is 10.1. The standard InChI is InChI=1S/C15H19NO4/c1-3-13(17)12-7-10(16-15(18)4-2)5-6-14(12)20-9-11-8-19-11/h5-7,11H,3-4,8-9H2,1-2H3,(H,16,18). The summed E-state index contributed by atoms with van der Waals surface area (Å²) in [5, 5.41) is 2.74. The summed E-state index contributed by atoms with van der Waals surface area (Å²) in [6.07, 6.45) is 0.926. The molecule has 0 saturated carbocycles. The Morgan fingerprint density at radius 2 is 2.10 bits per heavy atom. The highest BCUT2D eigenvalue weighted by atomic mass is 16.6. The van der Waals surface area contributed by atoms with Crippen LogP contribution in [0.5, 0.6) is 5.75 Å². The van der Waals surface area contributed by atoms with Crippen LogP contribution in [-0.2, 0) is 9.53 Å². The number of Topliss-reactive ketones (excluding diaryl/α,β-unsaturated/α-hetero) is 1. The second-order valence-electron chi connectivity index (χ2n) is 4.66. The number of amides is 1. The van der Waals surface area contributed by atoms with E-state index in [0.717, 1.165) is 0 Å². The zero-order valence-corrected chi connectivity index (χ0v) is 11.8. The molecule has 5 heteroatoms. The lowest BCUT2D eigenvalue weighted by molar-refractivity contribution is -0.115. The van der Waals surface area contributed by atoms with E-state index in [1.807, 2.05) is 0 Å². The minimum Gasteiger partial charge on any atom is -0.490 e. The number of nitrogens with one attached hydrogen (secondary N) is 1. The summed E-state index contributed by atoms with van der Waals surface area (Å²) in [7, 11) is 0. The zero-order chi connectivity index (χ0) is 14.5. The Labute approximate surface area is 118 Å². The Morgan fingerprint density at radius 3 is 2.70 bits per heavy atom. The molecule has 1 unspecified atom stereocenters. The van der Waals surface area contributed by atoms with Gasteiger partial charge in [0.2, 0.25) is 5.91 Å². The van der Waals surface area contributed by atoms with Gasteiger partial charge in [0.15, 0.2) is 5.78 Å². The van der Waals surface area contributed by atoms with Crippen LogP contribution in [0, 0.1) is 0 Å². The van der Waals surface area contributed by atoms with Crippen LogP contribution >= 0.6 is 0 Å². The summed E-state index contributed by atoms with van der Waals surface area (Å²) in [6.45, 7) is 4.74. The van der Waals surface area contributed by atoms with E-state index in [0.29, 0.717) is 43.1 Å². The van der Waals surface area contributed by atoms with Gasteiger partial charge in [-0.3, -0.25) is 9.59 Å². The topological polar surface area (TPSA) is 67.9 Å². The summed E-state index contributed by atoms with van der Waals surface area (Å²) in [6, 6.07) is 5.13. The molecule has 1 saturated heterocycles. The molecule has 1 amide bonds. The molecule has 0 bridgehead atoms. The van der Waals surface area contributed by atoms with E-state index in [1.165, 1.54) is 0 Å². The van der Waals surface area contributed by atoms with Crippen LogP contribution < -0.4 is 10.1 Å². The highest BCUT2D eigenvalue weighted by Gasteiger charge is 2.24. The first-order valence-corrected chi connectivity index (χ1v) is 6.85. The van der Waals surface area contributed by atoms with Gasteiger partial charge in [0.05, 0.1) is 12.2 Å². The number of carbonyl (C=O) groups excluding carboxylic acids is 2. The summed E-state index contributed by atoms with van der Waals surface area (Å²) in [4.78, 5) is 23.4. The summed E-state index contributed by atoms with van der Waals surface area (Å²) in [5.74, 6) is 0.450. The molecule has 1 aromatic rings. The highest BCUT2D eigenvalue weighted by molar-refractivity contribution is 6.00. The molecular weight excluding hydrogens is 258 g/mol. The first-order valence-electron chi connectivity index (χ1n) is 6.85. The first-order chi connectivity index (χ1) is 9.63. The first kappa shape index (κ1) is 14.5. The number of benzene rings is 1. The van der Waals surface area contributed by atoms with Crippen molar-refractivity contribution in [2.75, 3.05) is 18.5 Å². The van der Waals surface area contributed by atoms with Gasteiger partial charge in [-0.1, -0.05) is 13.8 Å². The van der Waals surface area contributed by atoms with E-state index in [9.17, 15) is 9.59 Å². The molecule has 0 spiro atoms. The van der Waals surface area contributed by atoms with Crippen LogP contribution in [0.4, 0.5) is 5.69 Å². The maximum atomic E-state index is 12.0. The van der Waals surface area contributed by atoms with Crippen LogP contribution in [0.2, 0.25) is 0 Å². The van der Waals surface area contributed by atoms with Gasteiger partial charge in [0, 0.05) is 18.5 Å². The maximum absolute atomic E-state index is 12.0. The third kappa shape index (κ3) is 3.81. The summed E-state index contributed by atoms with van der Waals surface area (Å²) < 4.78 is 10.7. The summed E-state index contributed by atoms with van der Waals surface area (Å²) in [5.41, 5.74) is 1.12. The Hall–Kier alpha value is -1.88. The SMILES string of the molecule is CCC(=O)Nc1ccc(OCC2CO2)c(C(=O)CC)c1. The van der Waals surface area contributed by atoms with Crippen molar-refractivity contribution in [3.63, 3.8) is 0 Å². The number of hydrogen-bond acceptors (Lipinski definition) is 4. The molecule has 5 nitrogen and oxygen atoms in total. The van der Waals surface area contributed by atoms with E-state index in [1.54, 1.807) is 32.0 Å². The minimum absolute atomic E-state index is 0.00990. The fourth-order valence-corrected chi connectivity index (χ4v) is 1.74. The second-order valence-corrected chi connectivity index (χ2v) is 4.66. The zero-order valence-electron chi connectivity index (χ0n) is 11.8. The predicted molar refractivity (Wildman–Crippen MR) is 75.2 cm³/mol. The van der Waals surface area contributed by atoms with Crippen molar-refractivity contribution < 1.29 is 19.1 Å². The van der Waals surface area contributed by atoms with E-state index >= 15 is 0 Å². The Kier molecular flexibility index (Phi) is 4.74. The molecular formula is C15H19NO4. The van der Waals surface area contributed by atoms with Gasteiger partial charge < -0.3 is 14.8 Å². The molecule has 1 aliphatic heterocycles. The fraction of sp³-hybridized carbons (Fsp3) is 0.467. The van der Waals surface area contributed by atoms with Crippen molar-refractivity contribution in [3.05, 3.63) is 23.8 Å². The van der Waals surface area contributed by atoms with Gasteiger partial charge >= 0.3 is 0 Å². The Bertz CT molecular complexity index is 509. The molecule has 1 N–H and O–H groups in total. The summed E-state index contributed by atoms with van der Waals surface area (Å²) >= 11 is 0. The third-order valence-electron chi connectivity index (χ3n) is 3.03. The molecule has 1 aromatic carbocycles. The van der Waals surface area contributed by atoms with Gasteiger partial charge in [0.1, 0.15) is 18.5 Å². The van der Waals surface area contributed by atoms with Gasteiger partial charge in [-0.2, -0.15) is 0 Å². The van der Waals surface area contributed by atoms with E-state index < -0.39 is 0 Å². The normalized spacial score (nSPS) is 16.6. The number of rotatable bonds is 7. The monoisotopic (exact) mass is 277 g/mol. The molecule has 2 rings (SSSR count). The molecule has 1 fully saturated rings. The minimum atomic E-state index is -0.0834. The number of carbonyl (C=O) groups is 2. The average Bonchev–Trinajstić information content (AvgIpc) is 3.29. The average molecular weight is 277 g/mol. The quantitative estimate of drug-likeness (QED) is 0.614. The molecule has 20 heavy (non-hydrogen) atoms. The highest BCUT2D eigenvalue weighted by Crippen LogP contribution is 2.25. The van der Waals surface area contributed by atoms with Crippen molar-refractivity contribution in [1.29, 1.82) is 0 Å². The number of hydrogen-bond donors (Lipinski definition) is 1. The van der Waals surface area contributed by atoms with Crippen LogP contribution in [0.25, 0.3) is 0 Å². The molecule has 1 atom stereocenters. The Morgan fingerprint density at radius 1 is 1.35 bits per heavy atom. The number of ketones is 1. The second kappa shape index (κ2) is 6.52. The Balaban J connectivity index is 2.16. The van der Waals surface area contributed by atoms with Crippen LogP contribution in [0.1, 0.15) is 37.0 Å². The van der Waals surface area contributed by atoms with E-state index in [-0.39, 0.29) is 17.8 Å². The molecule has 0 aromatic heterocycles. The molecule has 1 aliphatic rings. The third-order valence-corrected chi connectivity index (χ3v) is 3.03. The van der Waals surface area contributed by atoms with E-state index in [4.69, 9.17) is 9.47 Å². The molecule has 108 valence electrons. The van der Waals surface area contributed by atoms with Gasteiger partial charge in [-0.15, -0.1) is 0 Å². The smallest absolute Gasteiger partial charge is 0.224 e. The van der Waals surface area contributed by atoms with Crippen molar-refractivity contribution in [2.45, 2.75) is 32.8 Å². The predicted octanol–water partition coefficient (Wildman–Crippen LogP) is 2.41. The number of epoxide rings is 1. The van der Waals surface area contributed by atoms with Crippen LogP contribution in [0.3, 0.4) is 0 Å². The van der Waals surface area contributed by atoms with Crippen LogP contribution in [0.15, 0.2) is 18.2 Å². The largest absolute Gasteiger partial charge is 0.490 e. The van der Waals surface area contributed by atoms with Crippen molar-refractivity contribution in [1.82, 2.24) is 0 Å². The fourth-order valence-electron chi connectivity index (χ4n) is 1.74. The van der Waals surface area contributed by atoms with Gasteiger partial charge in [0.25, 0.3) is 0 Å². The van der Waals surface area contributed by atoms with Gasteiger partial charge in [-0.05, 0) is 18.2 Å². The van der Waals surface area contributed by atoms with Gasteiger partial charge in [-0.25, -0.2) is 0 Å². The van der Waals surface area contributed by atoms with Crippen molar-refractivity contribution in [2.24, 2.45) is 0 Å². The maximum Gasteiger partial charge on any atom is 0.224 e. The van der Waals surface area contributed by atoms with Crippen molar-refractivity contribution in [3.8, 4) is 5.75 Å². The lowest BCUT2D eigenvalue weighted by Crippen LogP contribution is -2.12. The number of anilines is 1. The molecule has 0 aliphatic carbocycles. The van der Waals surface area contributed by atoms with E-state index in [2.05, 4.69) is 5.32 Å². The molecule has 1 heterocycles. The van der Waals surface area contributed by atoms with Crippen LogP contribution in [-0.4, -0.2) is 31.0 Å².